The monoisotopic (exact) mass is 309 g/mol. The van der Waals surface area contributed by atoms with E-state index in [0.29, 0.717) is 6.54 Å². The minimum atomic E-state index is -0.597. The molecular formula is C14H19N3O5. The second-order valence-corrected chi connectivity index (χ2v) is 5.00. The van der Waals surface area contributed by atoms with Crippen molar-refractivity contribution >= 4 is 11.6 Å². The van der Waals surface area contributed by atoms with Crippen molar-refractivity contribution in [3.8, 4) is 11.5 Å². The Kier molecular flexibility index (Phi) is 5.16. The largest absolute Gasteiger partial charge is 0.493 e. The summed E-state index contributed by atoms with van der Waals surface area (Å²) < 4.78 is 10.1. The number of nitro groups is 1. The Balaban J connectivity index is 2.27. The number of carbonyl (C=O) groups is 1. The molecule has 0 bridgehead atoms. The average Bonchev–Trinajstić information content (AvgIpc) is 2.54. The summed E-state index contributed by atoms with van der Waals surface area (Å²) in [4.78, 5) is 22.8. The molecule has 1 saturated heterocycles. The minimum absolute atomic E-state index is 0.00313. The number of hydrogen-bond donors (Lipinski definition) is 2. The third-order valence-electron chi connectivity index (χ3n) is 3.55. The molecular weight excluding hydrogens is 290 g/mol. The van der Waals surface area contributed by atoms with Crippen molar-refractivity contribution in [3.05, 3.63) is 27.8 Å². The van der Waals surface area contributed by atoms with Gasteiger partial charge in [-0.25, -0.2) is 0 Å². The molecule has 0 aromatic heterocycles. The molecule has 2 N–H and O–H groups in total. The van der Waals surface area contributed by atoms with E-state index in [9.17, 15) is 14.9 Å². The fraction of sp³-hybridized carbons (Fsp3) is 0.500. The van der Waals surface area contributed by atoms with Crippen molar-refractivity contribution in [1.82, 2.24) is 10.6 Å². The van der Waals surface area contributed by atoms with Gasteiger partial charge < -0.3 is 20.1 Å². The van der Waals surface area contributed by atoms with Gasteiger partial charge >= 0.3 is 5.69 Å². The summed E-state index contributed by atoms with van der Waals surface area (Å²) in [6.07, 6.45) is 1.87. The summed E-state index contributed by atoms with van der Waals surface area (Å²) in [6, 6.07) is 2.66. The number of ether oxygens (including phenoxy) is 2. The standard InChI is InChI=1S/C14H19N3O5/c1-21-12-7-9(6-11(17(19)20)13(12)22-2)14(18)16-10-4-3-5-15-8-10/h6-7,10,15H,3-5,8H2,1-2H3,(H,16,18)/t10-/m0/s1. The van der Waals surface area contributed by atoms with Gasteiger partial charge in [0.2, 0.25) is 5.75 Å². The van der Waals surface area contributed by atoms with Crippen LogP contribution in [0.15, 0.2) is 12.1 Å². The highest BCUT2D eigenvalue weighted by molar-refractivity contribution is 5.96. The fourth-order valence-corrected chi connectivity index (χ4v) is 2.45. The van der Waals surface area contributed by atoms with Crippen LogP contribution in [-0.4, -0.2) is 44.2 Å². The second kappa shape index (κ2) is 7.08. The van der Waals surface area contributed by atoms with E-state index in [1.165, 1.54) is 26.4 Å². The normalized spacial score (nSPS) is 17.6. The molecule has 8 heteroatoms. The summed E-state index contributed by atoms with van der Waals surface area (Å²) in [6.45, 7) is 1.63. The molecule has 0 radical (unpaired) electrons. The molecule has 0 spiro atoms. The predicted molar refractivity (Wildman–Crippen MR) is 79.6 cm³/mol. The molecule has 1 aliphatic heterocycles. The van der Waals surface area contributed by atoms with Gasteiger partial charge in [0.25, 0.3) is 5.91 Å². The van der Waals surface area contributed by atoms with Gasteiger partial charge in [0.15, 0.2) is 5.75 Å². The van der Waals surface area contributed by atoms with Crippen molar-refractivity contribution in [3.63, 3.8) is 0 Å². The third kappa shape index (κ3) is 3.45. The molecule has 1 atom stereocenters. The number of nitrogens with zero attached hydrogens (tertiary/aromatic N) is 1. The van der Waals surface area contributed by atoms with Gasteiger partial charge in [-0.3, -0.25) is 14.9 Å². The molecule has 1 amide bonds. The Bertz CT molecular complexity index is 570. The van der Waals surface area contributed by atoms with E-state index in [2.05, 4.69) is 10.6 Å². The van der Waals surface area contributed by atoms with Crippen molar-refractivity contribution in [2.24, 2.45) is 0 Å². The van der Waals surface area contributed by atoms with Crippen LogP contribution in [0.5, 0.6) is 11.5 Å². The maximum Gasteiger partial charge on any atom is 0.315 e. The van der Waals surface area contributed by atoms with E-state index in [1.807, 2.05) is 0 Å². The molecule has 2 rings (SSSR count). The number of rotatable bonds is 5. The van der Waals surface area contributed by atoms with Crippen LogP contribution in [0.4, 0.5) is 5.69 Å². The summed E-state index contributed by atoms with van der Waals surface area (Å²) in [5.41, 5.74) is -0.122. The van der Waals surface area contributed by atoms with Crippen LogP contribution >= 0.6 is 0 Å². The van der Waals surface area contributed by atoms with Gasteiger partial charge in [0.05, 0.1) is 24.7 Å². The molecule has 1 heterocycles. The number of nitro benzene ring substituents is 1. The number of nitrogens with one attached hydrogen (secondary N) is 2. The first-order valence-electron chi connectivity index (χ1n) is 6.98. The highest BCUT2D eigenvalue weighted by atomic mass is 16.6. The molecule has 0 unspecified atom stereocenters. The van der Waals surface area contributed by atoms with E-state index in [-0.39, 0.29) is 34.7 Å². The van der Waals surface area contributed by atoms with Crippen LogP contribution in [0, 0.1) is 10.1 Å². The van der Waals surface area contributed by atoms with Gasteiger partial charge in [-0.1, -0.05) is 0 Å². The molecule has 1 aliphatic rings. The molecule has 1 aromatic rings. The molecule has 22 heavy (non-hydrogen) atoms. The molecule has 1 aromatic carbocycles. The first-order chi connectivity index (χ1) is 10.6. The summed E-state index contributed by atoms with van der Waals surface area (Å²) >= 11 is 0. The average molecular weight is 309 g/mol. The van der Waals surface area contributed by atoms with Gasteiger partial charge in [-0.05, 0) is 25.5 Å². The van der Waals surface area contributed by atoms with Crippen LogP contribution in [0.25, 0.3) is 0 Å². The lowest BCUT2D eigenvalue weighted by molar-refractivity contribution is -0.385. The maximum atomic E-state index is 12.3. The number of hydrogen-bond acceptors (Lipinski definition) is 6. The SMILES string of the molecule is COc1cc(C(=O)N[C@H]2CCCNC2)cc([N+](=O)[O-])c1OC. The fourth-order valence-electron chi connectivity index (χ4n) is 2.45. The molecule has 8 nitrogen and oxygen atoms in total. The van der Waals surface area contributed by atoms with E-state index >= 15 is 0 Å². The quantitative estimate of drug-likeness (QED) is 0.623. The number of methoxy groups -OCH3 is 2. The van der Waals surface area contributed by atoms with Crippen molar-refractivity contribution in [1.29, 1.82) is 0 Å². The highest BCUT2D eigenvalue weighted by Crippen LogP contribution is 2.37. The lowest BCUT2D eigenvalue weighted by Crippen LogP contribution is -2.45. The van der Waals surface area contributed by atoms with Gasteiger partial charge in [-0.2, -0.15) is 0 Å². The second-order valence-electron chi connectivity index (χ2n) is 5.00. The minimum Gasteiger partial charge on any atom is -0.493 e. The van der Waals surface area contributed by atoms with E-state index in [1.54, 1.807) is 0 Å². The van der Waals surface area contributed by atoms with E-state index in [4.69, 9.17) is 9.47 Å². The Morgan fingerprint density at radius 1 is 1.41 bits per heavy atom. The molecule has 0 aliphatic carbocycles. The number of piperidine rings is 1. The zero-order valence-electron chi connectivity index (χ0n) is 12.5. The molecule has 120 valence electrons. The highest BCUT2D eigenvalue weighted by Gasteiger charge is 2.25. The van der Waals surface area contributed by atoms with Crippen LogP contribution in [-0.2, 0) is 0 Å². The van der Waals surface area contributed by atoms with Gasteiger partial charge in [0.1, 0.15) is 0 Å². The van der Waals surface area contributed by atoms with Crippen LogP contribution in [0.1, 0.15) is 23.2 Å². The number of amides is 1. The lowest BCUT2D eigenvalue weighted by Gasteiger charge is -2.23. The van der Waals surface area contributed by atoms with Gasteiger partial charge in [0, 0.05) is 18.7 Å². The van der Waals surface area contributed by atoms with Crippen LogP contribution < -0.4 is 20.1 Å². The van der Waals surface area contributed by atoms with Crippen molar-refractivity contribution in [2.45, 2.75) is 18.9 Å². The van der Waals surface area contributed by atoms with E-state index < -0.39 is 4.92 Å². The zero-order chi connectivity index (χ0) is 16.1. The van der Waals surface area contributed by atoms with Gasteiger partial charge in [-0.15, -0.1) is 0 Å². The zero-order valence-corrected chi connectivity index (χ0v) is 12.5. The first-order valence-corrected chi connectivity index (χ1v) is 6.98. The summed E-state index contributed by atoms with van der Waals surface area (Å²) in [5, 5.41) is 17.2. The van der Waals surface area contributed by atoms with E-state index in [0.717, 1.165) is 19.4 Å². The smallest absolute Gasteiger partial charge is 0.315 e. The Hall–Kier alpha value is -2.35. The Morgan fingerprint density at radius 2 is 2.18 bits per heavy atom. The summed E-state index contributed by atoms with van der Waals surface area (Å²) in [7, 11) is 2.69. The number of benzene rings is 1. The number of carbonyl (C=O) groups excluding carboxylic acids is 1. The predicted octanol–water partition coefficient (Wildman–Crippen LogP) is 1.09. The molecule has 1 fully saturated rings. The van der Waals surface area contributed by atoms with Crippen molar-refractivity contribution in [2.75, 3.05) is 27.3 Å². The summed E-state index contributed by atoms with van der Waals surface area (Å²) in [5.74, 6) is -0.204. The van der Waals surface area contributed by atoms with Crippen LogP contribution in [0.2, 0.25) is 0 Å². The maximum absolute atomic E-state index is 12.3. The topological polar surface area (TPSA) is 103 Å². The molecule has 0 saturated carbocycles. The Morgan fingerprint density at radius 3 is 2.73 bits per heavy atom. The van der Waals surface area contributed by atoms with Crippen LogP contribution in [0.3, 0.4) is 0 Å². The first kappa shape index (κ1) is 16.0. The third-order valence-corrected chi connectivity index (χ3v) is 3.55. The Labute approximate surface area is 127 Å². The van der Waals surface area contributed by atoms with Crippen molar-refractivity contribution < 1.29 is 19.2 Å². The lowest BCUT2D eigenvalue weighted by atomic mass is 10.1.